The molecule has 5 aliphatic rings. The van der Waals surface area contributed by atoms with Crippen LogP contribution in [-0.2, 0) is 19.0 Å². The van der Waals surface area contributed by atoms with Crippen molar-refractivity contribution in [2.45, 2.75) is 336 Å². The van der Waals surface area contributed by atoms with Crippen LogP contribution in [0.4, 0.5) is 0 Å². The van der Waals surface area contributed by atoms with E-state index in [0.717, 1.165) is 80.5 Å². The first-order valence-corrected chi connectivity index (χ1v) is 32.0. The molecule has 0 aromatic carbocycles. The number of hydrogen-bond donors (Lipinski definition) is 3. The Morgan fingerprint density at radius 1 is 0.667 bits per heavy atom. The maximum absolute atomic E-state index is 13.2. The number of carbonyl (C=O) groups is 1. The minimum Gasteiger partial charge on any atom is -0.454 e. The van der Waals surface area contributed by atoms with Crippen LogP contribution in [-0.4, -0.2) is 64.7 Å². The molecule has 7 heteroatoms. The van der Waals surface area contributed by atoms with E-state index in [-0.39, 0.29) is 17.9 Å². The second kappa shape index (κ2) is 33.3. The number of aliphatic hydroxyl groups excluding tert-OH is 3. The number of allylic oxidation sites excluding steroid dienone is 1. The summed E-state index contributed by atoms with van der Waals surface area (Å²) in [6.45, 7) is 16.8. The van der Waals surface area contributed by atoms with E-state index in [2.05, 4.69) is 54.5 Å². The van der Waals surface area contributed by atoms with Crippen molar-refractivity contribution in [3.63, 3.8) is 0 Å². The number of fused-ring (bicyclic) bond motifs is 5. The van der Waals surface area contributed by atoms with Crippen molar-refractivity contribution in [3.8, 4) is 0 Å². The highest BCUT2D eigenvalue weighted by Gasteiger charge is 2.59. The van der Waals surface area contributed by atoms with Crippen molar-refractivity contribution in [2.24, 2.45) is 52.3 Å². The Kier molecular flexibility index (Phi) is 28.6. The molecule has 5 rings (SSSR count). The maximum Gasteiger partial charge on any atom is 0.306 e. The molecule has 7 nitrogen and oxygen atoms in total. The van der Waals surface area contributed by atoms with E-state index in [0.29, 0.717) is 11.3 Å². The molecule has 0 amide bonds. The predicted molar refractivity (Wildman–Crippen MR) is 300 cm³/mol. The summed E-state index contributed by atoms with van der Waals surface area (Å²) in [6, 6.07) is 0. The zero-order chi connectivity index (χ0) is 51.8. The lowest BCUT2D eigenvalue weighted by molar-refractivity contribution is -0.315. The van der Waals surface area contributed by atoms with Gasteiger partial charge in [-0.25, -0.2) is 0 Å². The minimum atomic E-state index is -1.40. The third-order valence-corrected chi connectivity index (χ3v) is 20.7. The van der Waals surface area contributed by atoms with Gasteiger partial charge in [-0.2, -0.15) is 0 Å². The van der Waals surface area contributed by atoms with E-state index in [4.69, 9.17) is 14.2 Å². The van der Waals surface area contributed by atoms with Gasteiger partial charge in [-0.05, 0) is 116 Å². The van der Waals surface area contributed by atoms with Crippen LogP contribution >= 0.6 is 0 Å². The molecule has 0 spiro atoms. The SMILES string of the molecule is CCCCCCCCCCCCCCCCCCCCCCCCCCCCCC(=O)O[C@H]1[C@H](O[C@H]2CC[C@@]3(C)C(=CC[C@H]4[C@@H]5CC[C@H]([C@H](C)CC[C@@H](CC)C(C)C)[C@@]5(C)CC[C@@H]43)C2)O[C@H](CO)[C@@H](O)[C@@H]1O. The minimum absolute atomic E-state index is 0.147. The molecule has 1 saturated heterocycles. The number of hydrogen-bond acceptors (Lipinski definition) is 7. The molecule has 0 unspecified atom stereocenters. The van der Waals surface area contributed by atoms with Gasteiger partial charge in [0.2, 0.25) is 0 Å². The molecule has 420 valence electrons. The molecular weight excluding hydrogens is 893 g/mol. The van der Waals surface area contributed by atoms with Crippen molar-refractivity contribution >= 4 is 5.97 Å². The van der Waals surface area contributed by atoms with E-state index < -0.39 is 43.3 Å². The van der Waals surface area contributed by atoms with Gasteiger partial charge in [0.05, 0.1) is 12.7 Å². The van der Waals surface area contributed by atoms with Gasteiger partial charge in [0.25, 0.3) is 0 Å². The third kappa shape index (κ3) is 18.6. The van der Waals surface area contributed by atoms with E-state index in [1.54, 1.807) is 0 Å². The molecule has 14 atom stereocenters. The Morgan fingerprint density at radius 3 is 1.69 bits per heavy atom. The lowest BCUT2D eigenvalue weighted by atomic mass is 9.47. The summed E-state index contributed by atoms with van der Waals surface area (Å²) in [5.41, 5.74) is 2.11. The predicted octanol–water partition coefficient (Wildman–Crippen LogP) is 17.3. The van der Waals surface area contributed by atoms with Crippen molar-refractivity contribution in [1.82, 2.24) is 0 Å². The van der Waals surface area contributed by atoms with Crippen molar-refractivity contribution in [2.75, 3.05) is 6.61 Å². The molecule has 0 aromatic rings. The molecule has 3 N–H and O–H groups in total. The topological polar surface area (TPSA) is 105 Å². The molecule has 0 bridgehead atoms. The lowest BCUT2D eigenvalue weighted by Gasteiger charge is -2.58. The zero-order valence-corrected chi connectivity index (χ0v) is 48.3. The number of rotatable bonds is 38. The molecule has 4 fully saturated rings. The van der Waals surface area contributed by atoms with Crippen LogP contribution < -0.4 is 0 Å². The van der Waals surface area contributed by atoms with E-state index in [1.807, 2.05) is 0 Å². The Morgan fingerprint density at radius 2 is 1.19 bits per heavy atom. The van der Waals surface area contributed by atoms with Crippen LogP contribution in [0.5, 0.6) is 0 Å². The molecule has 0 radical (unpaired) electrons. The number of ether oxygens (including phenoxy) is 3. The first kappa shape index (κ1) is 61.9. The first-order valence-electron chi connectivity index (χ1n) is 32.0. The Balaban J connectivity index is 0.919. The highest BCUT2D eigenvalue weighted by Crippen LogP contribution is 2.67. The summed E-state index contributed by atoms with van der Waals surface area (Å²) in [5.74, 6) is 5.12. The summed E-state index contributed by atoms with van der Waals surface area (Å²) in [6.07, 6.45) is 46.6. The second-order valence-electron chi connectivity index (χ2n) is 26.1. The third-order valence-electron chi connectivity index (χ3n) is 20.7. The van der Waals surface area contributed by atoms with Crippen LogP contribution in [0.1, 0.15) is 299 Å². The van der Waals surface area contributed by atoms with Crippen molar-refractivity contribution < 1.29 is 34.3 Å². The van der Waals surface area contributed by atoms with Crippen molar-refractivity contribution in [3.05, 3.63) is 11.6 Å². The van der Waals surface area contributed by atoms with E-state index in [9.17, 15) is 20.1 Å². The average molecular weight is 1010 g/mol. The fraction of sp³-hybridized carbons (Fsp3) is 0.954. The van der Waals surface area contributed by atoms with Gasteiger partial charge in [0.1, 0.15) is 18.3 Å². The van der Waals surface area contributed by atoms with Gasteiger partial charge in [0, 0.05) is 6.42 Å². The van der Waals surface area contributed by atoms with Gasteiger partial charge < -0.3 is 29.5 Å². The highest BCUT2D eigenvalue weighted by atomic mass is 16.7. The van der Waals surface area contributed by atoms with Crippen LogP contribution in [0.15, 0.2) is 11.6 Å². The van der Waals surface area contributed by atoms with Gasteiger partial charge in [-0.15, -0.1) is 0 Å². The van der Waals surface area contributed by atoms with E-state index in [1.165, 1.54) is 205 Å². The molecule has 1 aliphatic heterocycles. The number of esters is 1. The first-order chi connectivity index (χ1) is 34.9. The molecule has 0 aromatic heterocycles. The van der Waals surface area contributed by atoms with Crippen molar-refractivity contribution in [1.29, 1.82) is 0 Å². The quantitative estimate of drug-likeness (QED) is 0.0321. The Labute approximate surface area is 444 Å². The molecule has 3 saturated carbocycles. The van der Waals surface area contributed by atoms with Gasteiger partial charge in [-0.3, -0.25) is 4.79 Å². The lowest BCUT2D eigenvalue weighted by Crippen LogP contribution is -2.61. The standard InChI is InChI=1S/C65H118O7/c1-8-10-11-12-13-14-15-16-17-18-19-20-21-22-23-24-25-26-27-28-29-30-31-32-33-34-35-36-59(67)72-62-61(69)60(68)58(48-66)71-63(62)70-53-43-45-64(6)52(47-53)39-40-54-56-42-41-55(65(56,7)46-44-57(54)64)50(5)37-38-51(9-2)49(3)4/h39,49-51,53-58,60-63,66,68-69H,8-38,40-48H2,1-7H3/t50-,51-,53+,54+,55-,56+,57+,58-,60-,61+,62-,63-,64+,65-/m1/s1. The fourth-order valence-corrected chi connectivity index (χ4v) is 15.9. The number of aliphatic hydroxyl groups is 3. The smallest absolute Gasteiger partial charge is 0.306 e. The van der Waals surface area contributed by atoms with Crippen LogP contribution in [0, 0.1) is 52.3 Å². The summed E-state index contributed by atoms with van der Waals surface area (Å²) in [5, 5.41) is 32.2. The molecular formula is C65H118O7. The van der Waals surface area contributed by atoms with Crippen LogP contribution in [0.3, 0.4) is 0 Å². The number of carbonyl (C=O) groups excluding carboxylic acids is 1. The summed E-state index contributed by atoms with van der Waals surface area (Å²) < 4.78 is 18.7. The van der Waals surface area contributed by atoms with Crippen LogP contribution in [0.2, 0.25) is 0 Å². The summed E-state index contributed by atoms with van der Waals surface area (Å²) in [7, 11) is 0. The normalized spacial score (nSPS) is 32.2. The van der Waals surface area contributed by atoms with Gasteiger partial charge in [0.15, 0.2) is 12.4 Å². The van der Waals surface area contributed by atoms with Gasteiger partial charge in [-0.1, -0.05) is 240 Å². The number of unbranched alkanes of at least 4 members (excludes halogenated alkanes) is 26. The highest BCUT2D eigenvalue weighted by molar-refractivity contribution is 5.69. The molecule has 72 heavy (non-hydrogen) atoms. The largest absolute Gasteiger partial charge is 0.454 e. The van der Waals surface area contributed by atoms with E-state index >= 15 is 0 Å². The Bertz CT molecular complexity index is 1480. The summed E-state index contributed by atoms with van der Waals surface area (Å²) >= 11 is 0. The maximum atomic E-state index is 13.2. The van der Waals surface area contributed by atoms with Crippen LogP contribution in [0.25, 0.3) is 0 Å². The Hall–Kier alpha value is -0.990. The summed E-state index contributed by atoms with van der Waals surface area (Å²) in [4.78, 5) is 13.2. The second-order valence-corrected chi connectivity index (χ2v) is 26.1. The van der Waals surface area contributed by atoms with Gasteiger partial charge >= 0.3 is 5.97 Å². The zero-order valence-electron chi connectivity index (χ0n) is 48.3. The molecule has 1 heterocycles. The molecule has 4 aliphatic carbocycles. The fourth-order valence-electron chi connectivity index (χ4n) is 15.9. The average Bonchev–Trinajstić information content (AvgIpc) is 3.73. The monoisotopic (exact) mass is 1010 g/mol.